The van der Waals surface area contributed by atoms with Gasteiger partial charge in [-0.15, -0.1) is 0 Å². The van der Waals surface area contributed by atoms with Crippen molar-refractivity contribution in [1.29, 1.82) is 0 Å². The Bertz CT molecular complexity index is 271. The van der Waals surface area contributed by atoms with Gasteiger partial charge in [-0.2, -0.15) is 12.6 Å². The van der Waals surface area contributed by atoms with Crippen molar-refractivity contribution in [2.24, 2.45) is 0 Å². The van der Waals surface area contributed by atoms with Crippen molar-refractivity contribution >= 4 is 28.6 Å². The number of nitrogens with zero attached hydrogens (tertiary/aromatic N) is 1. The number of benzene rings is 1. The lowest BCUT2D eigenvalue weighted by atomic mass is 10.1. The van der Waals surface area contributed by atoms with E-state index in [0.717, 1.165) is 17.4 Å². The molecule has 0 bridgehead atoms. The molecule has 0 heterocycles. The fourth-order valence-electron chi connectivity index (χ4n) is 1.23. The lowest BCUT2D eigenvalue weighted by molar-refractivity contribution is 0.399. The summed E-state index contributed by atoms with van der Waals surface area (Å²) >= 11 is 8.01. The second-order valence-corrected chi connectivity index (χ2v) is 5.20. The van der Waals surface area contributed by atoms with E-state index in [1.54, 1.807) is 0 Å². The summed E-state index contributed by atoms with van der Waals surface area (Å²) in [6.45, 7) is 1.07. The van der Waals surface area contributed by atoms with Crippen molar-refractivity contribution in [2.45, 2.75) is 11.7 Å². The van der Waals surface area contributed by atoms with E-state index >= 15 is 0 Å². The summed E-state index contributed by atoms with van der Waals surface area (Å²) in [5.74, 6) is 0. The van der Waals surface area contributed by atoms with Gasteiger partial charge in [-0.3, -0.25) is 0 Å². The molecule has 78 valence electrons. The van der Waals surface area contributed by atoms with Crippen molar-refractivity contribution in [3.05, 3.63) is 34.3 Å². The molecule has 1 aromatic carbocycles. The molecule has 0 saturated heterocycles. The van der Waals surface area contributed by atoms with Gasteiger partial charge in [0.05, 0.1) is 0 Å². The molecule has 1 nitrogen and oxygen atoms in total. The summed E-state index contributed by atoms with van der Waals surface area (Å²) in [6, 6.07) is 8.37. The van der Waals surface area contributed by atoms with Crippen molar-refractivity contribution in [2.75, 3.05) is 20.6 Å². The van der Waals surface area contributed by atoms with Gasteiger partial charge in [0.15, 0.2) is 0 Å². The van der Waals surface area contributed by atoms with Crippen molar-refractivity contribution in [3.8, 4) is 0 Å². The Morgan fingerprint density at radius 3 is 2.36 bits per heavy atom. The van der Waals surface area contributed by atoms with E-state index in [1.165, 1.54) is 5.56 Å². The number of hydrogen-bond donors (Lipinski definition) is 1. The molecule has 0 spiro atoms. The highest BCUT2D eigenvalue weighted by Gasteiger charge is 2.06. The van der Waals surface area contributed by atoms with E-state index in [9.17, 15) is 0 Å². The van der Waals surface area contributed by atoms with Crippen LogP contribution in [0.15, 0.2) is 28.7 Å². The van der Waals surface area contributed by atoms with Gasteiger partial charge in [-0.05, 0) is 44.8 Å². The van der Waals surface area contributed by atoms with E-state index in [2.05, 4.69) is 71.8 Å². The summed E-state index contributed by atoms with van der Waals surface area (Å²) in [4.78, 5) is 2.18. The highest BCUT2D eigenvalue weighted by atomic mass is 79.9. The quantitative estimate of drug-likeness (QED) is 0.824. The molecule has 0 fully saturated rings. The molecular formula is C11H16BrNS. The van der Waals surface area contributed by atoms with Gasteiger partial charge < -0.3 is 4.90 Å². The maximum absolute atomic E-state index is 4.59. The Labute approximate surface area is 100 Å². The zero-order valence-electron chi connectivity index (χ0n) is 8.57. The molecule has 0 saturated carbocycles. The van der Waals surface area contributed by atoms with Crippen LogP contribution >= 0.6 is 28.6 Å². The SMILES string of the molecule is CN(C)CCC(S)c1ccc(Br)cc1. The lowest BCUT2D eigenvalue weighted by Crippen LogP contribution is -2.14. The number of hydrogen-bond acceptors (Lipinski definition) is 2. The smallest absolute Gasteiger partial charge is 0.0279 e. The van der Waals surface area contributed by atoms with Crippen LogP contribution < -0.4 is 0 Å². The number of rotatable bonds is 4. The third-order valence-corrected chi connectivity index (χ3v) is 3.19. The van der Waals surface area contributed by atoms with Gasteiger partial charge in [-0.25, -0.2) is 0 Å². The third-order valence-electron chi connectivity index (χ3n) is 2.10. The molecule has 1 unspecified atom stereocenters. The Morgan fingerprint density at radius 2 is 1.86 bits per heavy atom. The monoisotopic (exact) mass is 273 g/mol. The topological polar surface area (TPSA) is 3.24 Å². The van der Waals surface area contributed by atoms with Gasteiger partial charge in [0.2, 0.25) is 0 Å². The van der Waals surface area contributed by atoms with Crippen molar-refractivity contribution in [1.82, 2.24) is 4.90 Å². The molecule has 1 atom stereocenters. The molecule has 0 aliphatic carbocycles. The first-order valence-corrected chi connectivity index (χ1v) is 5.99. The molecule has 0 aliphatic rings. The average Bonchev–Trinajstić information content (AvgIpc) is 2.15. The zero-order chi connectivity index (χ0) is 10.6. The molecule has 1 rings (SSSR count). The number of thiol groups is 1. The molecule has 3 heteroatoms. The fourth-order valence-corrected chi connectivity index (χ4v) is 1.78. The van der Waals surface area contributed by atoms with Gasteiger partial charge in [0.1, 0.15) is 0 Å². The van der Waals surface area contributed by atoms with Crippen molar-refractivity contribution < 1.29 is 0 Å². The predicted octanol–water partition coefficient (Wildman–Crippen LogP) is 3.37. The summed E-state index contributed by atoms with van der Waals surface area (Å²) in [5, 5.41) is 0.338. The van der Waals surface area contributed by atoms with Crippen LogP contribution in [0.2, 0.25) is 0 Å². The molecule has 14 heavy (non-hydrogen) atoms. The summed E-state index contributed by atoms with van der Waals surface area (Å²) in [5.41, 5.74) is 1.29. The molecule has 0 N–H and O–H groups in total. The molecule has 0 radical (unpaired) electrons. The summed E-state index contributed by atoms with van der Waals surface area (Å²) < 4.78 is 1.12. The number of halogens is 1. The van der Waals surface area contributed by atoms with Crippen LogP contribution in [-0.4, -0.2) is 25.5 Å². The lowest BCUT2D eigenvalue weighted by Gasteiger charge is -2.14. The first-order chi connectivity index (χ1) is 6.59. The molecule has 0 aromatic heterocycles. The van der Waals surface area contributed by atoms with E-state index in [0.29, 0.717) is 5.25 Å². The van der Waals surface area contributed by atoms with Crippen LogP contribution in [0.3, 0.4) is 0 Å². The molecule has 1 aromatic rings. The van der Waals surface area contributed by atoms with Crippen LogP contribution in [0.5, 0.6) is 0 Å². The second-order valence-electron chi connectivity index (χ2n) is 3.66. The summed E-state index contributed by atoms with van der Waals surface area (Å²) in [7, 11) is 4.17. The Balaban J connectivity index is 2.52. The third kappa shape index (κ3) is 4.03. The van der Waals surface area contributed by atoms with Gasteiger partial charge >= 0.3 is 0 Å². The van der Waals surface area contributed by atoms with Crippen LogP contribution in [0.4, 0.5) is 0 Å². The average molecular weight is 274 g/mol. The van der Waals surface area contributed by atoms with Gasteiger partial charge in [0, 0.05) is 9.72 Å². The minimum Gasteiger partial charge on any atom is -0.309 e. The molecule has 0 aliphatic heterocycles. The van der Waals surface area contributed by atoms with Crippen LogP contribution in [0.25, 0.3) is 0 Å². The minimum absolute atomic E-state index is 0.338. The fraction of sp³-hybridized carbons (Fsp3) is 0.455. The van der Waals surface area contributed by atoms with Crippen LogP contribution in [0, 0.1) is 0 Å². The largest absolute Gasteiger partial charge is 0.309 e. The van der Waals surface area contributed by atoms with Crippen molar-refractivity contribution in [3.63, 3.8) is 0 Å². The van der Waals surface area contributed by atoms with Gasteiger partial charge in [0.25, 0.3) is 0 Å². The first-order valence-electron chi connectivity index (χ1n) is 4.68. The standard InChI is InChI=1S/C11H16BrNS/c1-13(2)8-7-11(14)9-3-5-10(12)6-4-9/h3-6,11,14H,7-8H2,1-2H3. The van der Waals surface area contributed by atoms with Crippen LogP contribution in [0.1, 0.15) is 17.2 Å². The van der Waals surface area contributed by atoms with Crippen LogP contribution in [-0.2, 0) is 0 Å². The molecule has 0 amide bonds. The Hall–Kier alpha value is 0.01000. The maximum Gasteiger partial charge on any atom is 0.0279 e. The highest BCUT2D eigenvalue weighted by Crippen LogP contribution is 2.24. The normalized spacial score (nSPS) is 13.2. The van der Waals surface area contributed by atoms with E-state index in [-0.39, 0.29) is 0 Å². The van der Waals surface area contributed by atoms with E-state index < -0.39 is 0 Å². The van der Waals surface area contributed by atoms with E-state index in [4.69, 9.17) is 0 Å². The predicted molar refractivity (Wildman–Crippen MR) is 69.0 cm³/mol. The Morgan fingerprint density at radius 1 is 1.29 bits per heavy atom. The Kier molecular flexibility index (Phi) is 4.99. The maximum atomic E-state index is 4.59. The first kappa shape index (κ1) is 12.1. The van der Waals surface area contributed by atoms with Gasteiger partial charge in [-0.1, -0.05) is 28.1 Å². The molecular weight excluding hydrogens is 258 g/mol. The zero-order valence-corrected chi connectivity index (χ0v) is 11.1. The second kappa shape index (κ2) is 5.79. The summed E-state index contributed by atoms with van der Waals surface area (Å²) in [6.07, 6.45) is 1.08. The minimum atomic E-state index is 0.338. The highest BCUT2D eigenvalue weighted by molar-refractivity contribution is 9.10. The van der Waals surface area contributed by atoms with E-state index in [1.807, 2.05) is 0 Å².